The number of benzene rings is 2. The van der Waals surface area contributed by atoms with E-state index in [1.54, 1.807) is 17.9 Å². The number of hydrogen-bond acceptors (Lipinski definition) is 7. The summed E-state index contributed by atoms with van der Waals surface area (Å²) in [5.41, 5.74) is -0.734. The maximum atomic E-state index is 14.9. The molecule has 5 bridgehead atoms. The van der Waals surface area contributed by atoms with Crippen LogP contribution >= 0.6 is 15.9 Å². The molecule has 0 unspecified atom stereocenters. The summed E-state index contributed by atoms with van der Waals surface area (Å²) in [4.78, 5) is 58.4. The summed E-state index contributed by atoms with van der Waals surface area (Å²) in [6.07, 6.45) is 5.74. The molecule has 11 heteroatoms. The van der Waals surface area contributed by atoms with E-state index < -0.39 is 41.7 Å². The third-order valence-electron chi connectivity index (χ3n) is 8.95. The summed E-state index contributed by atoms with van der Waals surface area (Å²) in [6.45, 7) is 2.20. The minimum Gasteiger partial charge on any atom is -0.460 e. The van der Waals surface area contributed by atoms with E-state index in [-0.39, 0.29) is 50.4 Å². The molecule has 10 nitrogen and oxygen atoms in total. The lowest BCUT2D eigenvalue weighted by molar-refractivity contribution is -0.158. The number of aliphatic hydroxyl groups is 1. The van der Waals surface area contributed by atoms with E-state index in [2.05, 4.69) is 21.2 Å². The van der Waals surface area contributed by atoms with Gasteiger partial charge in [0.05, 0.1) is 12.5 Å². The number of fused-ring (bicyclic) bond motifs is 3. The standard InChI is InChI=1S/C33H36BrN3O7/c1-20-19-35-25(39)11-3-2-6-14-36(23-13-12-21-9-4-5-10-22(21)17-23)31(41)29-33-18-24(34)28(44-33)26(32(42)43-20)27(33)30(40)37(29)15-7-8-16-38/h2,4-6,9-10,12-13,17-18,20,26-29,38H,3,7-8,11,14-16,19H2,1H3,(H,35,39)/b6-2-/t20-,26+,27-,28+,29+,33-/m1/s1. The lowest BCUT2D eigenvalue weighted by atomic mass is 9.74. The molecule has 6 atom stereocenters. The Bertz CT molecular complexity index is 1540. The van der Waals surface area contributed by atoms with Crippen molar-refractivity contribution in [1.82, 2.24) is 10.2 Å². The number of unbranched alkanes of at least 4 members (excludes halogenated alkanes) is 1. The van der Waals surface area contributed by atoms with Crippen molar-refractivity contribution in [3.63, 3.8) is 0 Å². The summed E-state index contributed by atoms with van der Waals surface area (Å²) in [6, 6.07) is 12.6. The van der Waals surface area contributed by atoms with Crippen LogP contribution in [0.25, 0.3) is 10.8 Å². The number of anilines is 1. The summed E-state index contributed by atoms with van der Waals surface area (Å²) >= 11 is 3.56. The van der Waals surface area contributed by atoms with Gasteiger partial charge in [-0.2, -0.15) is 0 Å². The van der Waals surface area contributed by atoms with Crippen LogP contribution in [0.1, 0.15) is 32.6 Å². The van der Waals surface area contributed by atoms with Crippen LogP contribution in [0.2, 0.25) is 0 Å². The first-order valence-corrected chi connectivity index (χ1v) is 15.9. The Hall–Kier alpha value is -3.54. The number of rotatable bonds is 5. The number of nitrogens with one attached hydrogen (secondary N) is 1. The molecule has 2 aromatic carbocycles. The second-order valence-corrected chi connectivity index (χ2v) is 12.7. The van der Waals surface area contributed by atoms with Crippen LogP contribution in [-0.2, 0) is 28.7 Å². The van der Waals surface area contributed by atoms with Crippen molar-refractivity contribution < 1.29 is 33.8 Å². The predicted octanol–water partition coefficient (Wildman–Crippen LogP) is 3.22. The molecule has 2 saturated heterocycles. The van der Waals surface area contributed by atoms with E-state index in [4.69, 9.17) is 9.47 Å². The lowest BCUT2D eigenvalue weighted by Gasteiger charge is -2.36. The number of ether oxygens (including phenoxy) is 2. The average molecular weight is 667 g/mol. The third-order valence-corrected chi connectivity index (χ3v) is 9.63. The highest BCUT2D eigenvalue weighted by atomic mass is 79.9. The van der Waals surface area contributed by atoms with E-state index in [0.29, 0.717) is 29.4 Å². The van der Waals surface area contributed by atoms with E-state index in [1.165, 1.54) is 4.90 Å². The number of esters is 1. The Morgan fingerprint density at radius 1 is 1.05 bits per heavy atom. The zero-order valence-corrected chi connectivity index (χ0v) is 26.1. The predicted molar refractivity (Wildman–Crippen MR) is 167 cm³/mol. The molecule has 6 rings (SSSR count). The van der Waals surface area contributed by atoms with E-state index in [9.17, 15) is 24.3 Å². The summed E-state index contributed by atoms with van der Waals surface area (Å²) in [5, 5.41) is 14.3. The van der Waals surface area contributed by atoms with Gasteiger partial charge >= 0.3 is 5.97 Å². The first-order chi connectivity index (χ1) is 21.2. The van der Waals surface area contributed by atoms with Crippen LogP contribution in [0.15, 0.2) is 65.2 Å². The Morgan fingerprint density at radius 2 is 1.84 bits per heavy atom. The minimum atomic E-state index is -1.38. The molecule has 232 valence electrons. The second-order valence-electron chi connectivity index (χ2n) is 11.8. The van der Waals surface area contributed by atoms with Gasteiger partial charge in [-0.25, -0.2) is 0 Å². The summed E-state index contributed by atoms with van der Waals surface area (Å²) in [7, 11) is 0. The molecule has 1 spiro atoms. The van der Waals surface area contributed by atoms with Crippen molar-refractivity contribution in [2.75, 3.05) is 31.1 Å². The van der Waals surface area contributed by atoms with Gasteiger partial charge < -0.3 is 29.7 Å². The number of halogens is 1. The Morgan fingerprint density at radius 3 is 2.64 bits per heavy atom. The van der Waals surface area contributed by atoms with Crippen LogP contribution in [0.3, 0.4) is 0 Å². The number of amides is 3. The number of cyclic esters (lactones) is 1. The van der Waals surface area contributed by atoms with E-state index in [0.717, 1.165) is 10.8 Å². The summed E-state index contributed by atoms with van der Waals surface area (Å²) < 4.78 is 12.9. The van der Waals surface area contributed by atoms with Gasteiger partial charge in [0.1, 0.15) is 29.8 Å². The van der Waals surface area contributed by atoms with Gasteiger partial charge in [-0.1, -0.05) is 58.4 Å². The first-order valence-electron chi connectivity index (χ1n) is 15.1. The largest absolute Gasteiger partial charge is 0.460 e. The zero-order chi connectivity index (χ0) is 31.0. The van der Waals surface area contributed by atoms with Crippen LogP contribution in [0.4, 0.5) is 5.69 Å². The number of aliphatic hydroxyl groups excluding tert-OH is 1. The molecule has 44 heavy (non-hydrogen) atoms. The van der Waals surface area contributed by atoms with Gasteiger partial charge in [0, 0.05) is 36.3 Å². The molecule has 0 aromatic heterocycles. The maximum Gasteiger partial charge on any atom is 0.313 e. The van der Waals surface area contributed by atoms with Crippen LogP contribution < -0.4 is 10.2 Å². The number of allylic oxidation sites excluding steroid dienone is 1. The SMILES string of the molecule is C[C@@H]1CNC(=O)CC/C=C\CN(c2ccc3ccccc3c2)C(=O)[C@@H]2N(CCCCO)C(=O)[C@H]3[C@H](C(=O)O1)[C@H]1O[C@@]23C=C1Br. The van der Waals surface area contributed by atoms with Gasteiger partial charge in [-0.05, 0) is 55.2 Å². The fraction of sp³-hybridized carbons (Fsp3) is 0.455. The van der Waals surface area contributed by atoms with Gasteiger partial charge in [0.2, 0.25) is 11.8 Å². The van der Waals surface area contributed by atoms with Crippen molar-refractivity contribution in [3.8, 4) is 0 Å². The van der Waals surface area contributed by atoms with E-state index in [1.807, 2.05) is 54.6 Å². The topological polar surface area (TPSA) is 125 Å². The van der Waals surface area contributed by atoms with Gasteiger partial charge in [-0.15, -0.1) is 0 Å². The van der Waals surface area contributed by atoms with Crippen LogP contribution in [0.5, 0.6) is 0 Å². The number of likely N-dealkylation sites (tertiary alicyclic amines) is 1. The highest BCUT2D eigenvalue weighted by molar-refractivity contribution is 9.11. The Labute approximate surface area is 264 Å². The van der Waals surface area contributed by atoms with Crippen LogP contribution in [0, 0.1) is 11.8 Å². The minimum absolute atomic E-state index is 0.0450. The van der Waals surface area contributed by atoms with Crippen molar-refractivity contribution in [3.05, 3.63) is 65.2 Å². The van der Waals surface area contributed by atoms with Crippen molar-refractivity contribution >= 4 is 56.1 Å². The molecule has 0 saturated carbocycles. The van der Waals surface area contributed by atoms with Crippen molar-refractivity contribution in [1.29, 1.82) is 0 Å². The zero-order valence-electron chi connectivity index (χ0n) is 24.5. The van der Waals surface area contributed by atoms with Gasteiger partial charge in [0.25, 0.3) is 5.91 Å². The number of carbonyl (C=O) groups is 4. The molecule has 4 aliphatic heterocycles. The molecule has 0 aliphatic carbocycles. The quantitative estimate of drug-likeness (QED) is 0.285. The molecule has 4 aliphatic rings. The Kier molecular flexibility index (Phi) is 8.63. The molecule has 2 aromatic rings. The normalized spacial score (nSPS) is 31.6. The van der Waals surface area contributed by atoms with Crippen molar-refractivity contribution in [2.24, 2.45) is 11.8 Å². The third kappa shape index (κ3) is 5.35. The molecule has 3 amide bonds. The molecular weight excluding hydrogens is 630 g/mol. The highest BCUT2D eigenvalue weighted by Crippen LogP contribution is 2.59. The highest BCUT2D eigenvalue weighted by Gasteiger charge is 2.74. The average Bonchev–Trinajstić information content (AvgIpc) is 3.60. The van der Waals surface area contributed by atoms with Crippen molar-refractivity contribution in [2.45, 2.75) is 56.5 Å². The first kappa shape index (κ1) is 30.5. The van der Waals surface area contributed by atoms with E-state index >= 15 is 0 Å². The van der Waals surface area contributed by atoms with Crippen LogP contribution in [-0.4, -0.2) is 83.8 Å². The summed E-state index contributed by atoms with van der Waals surface area (Å²) in [5.74, 6) is -3.41. The maximum absolute atomic E-state index is 14.9. The number of hydrogen-bond donors (Lipinski definition) is 2. The number of carbonyl (C=O) groups excluding carboxylic acids is 4. The monoisotopic (exact) mass is 665 g/mol. The Balaban J connectivity index is 1.46. The fourth-order valence-electron chi connectivity index (χ4n) is 6.89. The smallest absolute Gasteiger partial charge is 0.313 e. The molecular formula is C33H36BrN3O7. The fourth-order valence-corrected chi connectivity index (χ4v) is 7.63. The molecule has 2 N–H and O–H groups in total. The molecule has 4 heterocycles. The second kappa shape index (κ2) is 12.5. The lowest BCUT2D eigenvalue weighted by Crippen LogP contribution is -2.56. The number of nitrogens with zero attached hydrogens (tertiary/aromatic N) is 2. The van der Waals surface area contributed by atoms with Gasteiger partial charge in [-0.3, -0.25) is 19.2 Å². The molecule has 0 radical (unpaired) electrons. The molecule has 2 fully saturated rings. The van der Waals surface area contributed by atoms with Gasteiger partial charge in [0.15, 0.2) is 0 Å².